The predicted octanol–water partition coefficient (Wildman–Crippen LogP) is 0.0676. The molecule has 2 amide bonds. The van der Waals surface area contributed by atoms with Gasteiger partial charge in [0.2, 0.25) is 11.8 Å². The van der Waals surface area contributed by atoms with Gasteiger partial charge in [-0.25, -0.2) is 13.4 Å². The van der Waals surface area contributed by atoms with E-state index in [4.69, 9.17) is 5.73 Å². The Morgan fingerprint density at radius 2 is 2.11 bits per heavy atom. The highest BCUT2D eigenvalue weighted by atomic mass is 32.2. The van der Waals surface area contributed by atoms with E-state index >= 15 is 0 Å². The molecular weight excluding hydrogens is 384 g/mol. The SMILES string of the molecule is CC(CCC(=O)N[C@@H]1C(=O)CN(S(=O)(=O)c2ccccn2)CCC1C)C(N)=O. The Balaban J connectivity index is 2.05. The Morgan fingerprint density at radius 1 is 1.39 bits per heavy atom. The summed E-state index contributed by atoms with van der Waals surface area (Å²) in [6.45, 7) is 3.27. The van der Waals surface area contributed by atoms with Crippen molar-refractivity contribution in [3.05, 3.63) is 24.4 Å². The number of pyridine rings is 1. The van der Waals surface area contributed by atoms with Crippen LogP contribution in [0.25, 0.3) is 0 Å². The Labute approximate surface area is 164 Å². The third kappa shape index (κ3) is 5.35. The molecule has 154 valence electrons. The molecule has 1 fully saturated rings. The molecule has 1 aromatic rings. The maximum Gasteiger partial charge on any atom is 0.260 e. The number of hydrogen-bond donors (Lipinski definition) is 2. The zero-order chi connectivity index (χ0) is 20.9. The number of hydrogen-bond acceptors (Lipinski definition) is 6. The Kier molecular flexibility index (Phi) is 7.25. The highest BCUT2D eigenvalue weighted by Gasteiger charge is 2.36. The van der Waals surface area contributed by atoms with Crippen LogP contribution < -0.4 is 11.1 Å². The second kappa shape index (κ2) is 9.24. The van der Waals surface area contributed by atoms with E-state index in [-0.39, 0.29) is 48.6 Å². The number of rotatable bonds is 7. The van der Waals surface area contributed by atoms with E-state index in [0.29, 0.717) is 6.42 Å². The second-order valence-corrected chi connectivity index (χ2v) is 9.01. The van der Waals surface area contributed by atoms with Gasteiger partial charge in [0.1, 0.15) is 0 Å². The summed E-state index contributed by atoms with van der Waals surface area (Å²) in [5.41, 5.74) is 5.18. The summed E-state index contributed by atoms with van der Waals surface area (Å²) in [5.74, 6) is -1.89. The summed E-state index contributed by atoms with van der Waals surface area (Å²) in [7, 11) is -3.89. The molecule has 9 nitrogen and oxygen atoms in total. The molecule has 2 rings (SSSR count). The molecule has 0 saturated carbocycles. The third-order valence-corrected chi connectivity index (χ3v) is 6.69. The van der Waals surface area contributed by atoms with Crippen molar-refractivity contribution < 1.29 is 22.8 Å². The van der Waals surface area contributed by atoms with E-state index in [1.807, 2.05) is 0 Å². The molecule has 2 heterocycles. The van der Waals surface area contributed by atoms with Crippen molar-refractivity contribution >= 4 is 27.6 Å². The largest absolute Gasteiger partial charge is 0.369 e. The van der Waals surface area contributed by atoms with Crippen LogP contribution in [0.3, 0.4) is 0 Å². The zero-order valence-electron chi connectivity index (χ0n) is 16.0. The van der Waals surface area contributed by atoms with Gasteiger partial charge in [-0.15, -0.1) is 0 Å². The predicted molar refractivity (Wildman–Crippen MR) is 101 cm³/mol. The number of carbonyl (C=O) groups is 3. The van der Waals surface area contributed by atoms with Crippen LogP contribution in [-0.2, 0) is 24.4 Å². The van der Waals surface area contributed by atoms with E-state index in [9.17, 15) is 22.8 Å². The monoisotopic (exact) mass is 410 g/mol. The maximum atomic E-state index is 12.7. The number of aromatic nitrogens is 1. The van der Waals surface area contributed by atoms with Crippen molar-refractivity contribution in [2.24, 2.45) is 17.6 Å². The number of nitrogens with two attached hydrogens (primary N) is 1. The first kappa shape index (κ1) is 22.0. The van der Waals surface area contributed by atoms with Crippen molar-refractivity contribution in [1.29, 1.82) is 0 Å². The molecule has 0 aromatic carbocycles. The summed E-state index contributed by atoms with van der Waals surface area (Å²) < 4.78 is 26.6. The van der Waals surface area contributed by atoms with Crippen molar-refractivity contribution in [2.75, 3.05) is 13.1 Å². The van der Waals surface area contributed by atoms with Gasteiger partial charge in [0.15, 0.2) is 10.8 Å². The van der Waals surface area contributed by atoms with Crippen LogP contribution in [0.15, 0.2) is 29.4 Å². The lowest BCUT2D eigenvalue weighted by atomic mass is 9.95. The summed E-state index contributed by atoms with van der Waals surface area (Å²) >= 11 is 0. The fourth-order valence-electron chi connectivity index (χ4n) is 2.98. The molecule has 3 atom stereocenters. The first-order valence-corrected chi connectivity index (χ1v) is 10.6. The molecule has 0 aliphatic carbocycles. The minimum absolute atomic E-state index is 0.0660. The number of ketones is 1. The normalized spacial score (nSPS) is 22.3. The van der Waals surface area contributed by atoms with Crippen molar-refractivity contribution in [3.8, 4) is 0 Å². The molecule has 1 saturated heterocycles. The standard InChI is InChI=1S/C18H26N4O5S/c1-12-8-10-22(28(26,27)16-5-3-4-9-20-16)11-14(23)17(12)21-15(24)7-6-13(2)18(19)25/h3-5,9,12-13,17H,6-8,10-11H2,1-2H3,(H2,19,25)(H,21,24)/t12?,13?,17-/m0/s1. The minimum atomic E-state index is -3.89. The molecule has 1 aliphatic heterocycles. The molecule has 2 unspecified atom stereocenters. The van der Waals surface area contributed by atoms with Crippen molar-refractivity contribution in [2.45, 2.75) is 44.2 Å². The van der Waals surface area contributed by atoms with Crippen LogP contribution in [0.4, 0.5) is 0 Å². The first-order valence-electron chi connectivity index (χ1n) is 9.15. The van der Waals surface area contributed by atoms with Gasteiger partial charge in [0.05, 0.1) is 12.6 Å². The average molecular weight is 410 g/mol. The fourth-order valence-corrected chi connectivity index (χ4v) is 4.33. The number of carbonyl (C=O) groups excluding carboxylic acids is 3. The number of primary amides is 1. The molecule has 28 heavy (non-hydrogen) atoms. The fraction of sp³-hybridized carbons (Fsp3) is 0.556. The highest BCUT2D eigenvalue weighted by Crippen LogP contribution is 2.21. The number of amides is 2. The van der Waals surface area contributed by atoms with E-state index in [1.165, 1.54) is 12.3 Å². The second-order valence-electron chi connectivity index (χ2n) is 7.13. The number of Topliss-reactive ketones (excluding diaryl/α,β-unsaturated/α-hetero) is 1. The third-order valence-electron chi connectivity index (χ3n) is 4.93. The highest BCUT2D eigenvalue weighted by molar-refractivity contribution is 7.89. The van der Waals surface area contributed by atoms with Crippen LogP contribution in [0.1, 0.15) is 33.1 Å². The first-order chi connectivity index (χ1) is 13.1. The van der Waals surface area contributed by atoms with E-state index in [2.05, 4.69) is 10.3 Å². The van der Waals surface area contributed by atoms with Crippen LogP contribution in [0.2, 0.25) is 0 Å². The van der Waals surface area contributed by atoms with Gasteiger partial charge in [-0.3, -0.25) is 14.4 Å². The summed E-state index contributed by atoms with van der Waals surface area (Å²) in [4.78, 5) is 39.8. The molecule has 0 spiro atoms. The molecule has 0 bridgehead atoms. The van der Waals surface area contributed by atoms with E-state index in [0.717, 1.165) is 4.31 Å². The van der Waals surface area contributed by atoms with Gasteiger partial charge in [-0.05, 0) is 30.9 Å². The van der Waals surface area contributed by atoms with E-state index in [1.54, 1.807) is 26.0 Å². The van der Waals surface area contributed by atoms with Crippen LogP contribution in [0.5, 0.6) is 0 Å². The lowest BCUT2D eigenvalue weighted by Crippen LogP contribution is -2.47. The Morgan fingerprint density at radius 3 is 2.71 bits per heavy atom. The average Bonchev–Trinajstić information content (AvgIpc) is 2.80. The molecule has 3 N–H and O–H groups in total. The molecule has 1 aromatic heterocycles. The van der Waals surface area contributed by atoms with Gasteiger partial charge >= 0.3 is 0 Å². The van der Waals surface area contributed by atoms with E-state index < -0.39 is 27.9 Å². The summed E-state index contributed by atoms with van der Waals surface area (Å²) in [6, 6.07) is 3.78. The van der Waals surface area contributed by atoms with Crippen LogP contribution >= 0.6 is 0 Å². The zero-order valence-corrected chi connectivity index (χ0v) is 16.8. The molecule has 10 heteroatoms. The maximum absolute atomic E-state index is 12.7. The quantitative estimate of drug-likeness (QED) is 0.652. The Hall–Kier alpha value is -2.33. The summed E-state index contributed by atoms with van der Waals surface area (Å²) in [5, 5.41) is 2.57. The topological polar surface area (TPSA) is 140 Å². The van der Waals surface area contributed by atoms with Gasteiger partial charge in [0.25, 0.3) is 10.0 Å². The van der Waals surface area contributed by atoms with Crippen molar-refractivity contribution in [3.63, 3.8) is 0 Å². The molecular formula is C18H26N4O5S. The van der Waals surface area contributed by atoms with Crippen LogP contribution in [-0.4, -0.2) is 54.4 Å². The minimum Gasteiger partial charge on any atom is -0.369 e. The molecule has 1 aliphatic rings. The number of nitrogens with one attached hydrogen (secondary N) is 1. The van der Waals surface area contributed by atoms with Crippen molar-refractivity contribution in [1.82, 2.24) is 14.6 Å². The van der Waals surface area contributed by atoms with Crippen LogP contribution in [0, 0.1) is 11.8 Å². The summed E-state index contributed by atoms with van der Waals surface area (Å²) in [6.07, 6.45) is 2.15. The Bertz CT molecular complexity index is 828. The van der Waals surface area contributed by atoms with Gasteiger partial charge in [-0.1, -0.05) is 19.9 Å². The number of sulfonamides is 1. The van der Waals surface area contributed by atoms with Gasteiger partial charge < -0.3 is 11.1 Å². The number of nitrogens with zero attached hydrogens (tertiary/aromatic N) is 2. The lowest BCUT2D eigenvalue weighted by molar-refractivity contribution is -0.129. The van der Waals surface area contributed by atoms with Gasteiger partial charge in [-0.2, -0.15) is 4.31 Å². The molecule has 0 radical (unpaired) electrons. The smallest absolute Gasteiger partial charge is 0.260 e. The lowest BCUT2D eigenvalue weighted by Gasteiger charge is -2.21. The van der Waals surface area contributed by atoms with Gasteiger partial charge in [0, 0.05) is 25.1 Å².